The number of benzene rings is 3. The molecule has 2 saturated heterocycles. The number of morpholine rings is 1. The highest BCUT2D eigenvalue weighted by atomic mass is 35.5. The third kappa shape index (κ3) is 6.14. The average Bonchev–Trinajstić information content (AvgIpc) is 3.49. The Morgan fingerprint density at radius 3 is 2.38 bits per heavy atom. The van der Waals surface area contributed by atoms with E-state index in [0.717, 1.165) is 11.1 Å². The van der Waals surface area contributed by atoms with Crippen LogP contribution in [0.5, 0.6) is 17.2 Å². The topological polar surface area (TPSA) is 77.5 Å². The third-order valence-electron chi connectivity index (χ3n) is 7.98. The molecule has 0 spiro atoms. The first kappa shape index (κ1) is 28.6. The first-order valence-electron chi connectivity index (χ1n) is 13.8. The molecule has 1 unspecified atom stereocenters. The fraction of sp³-hybridized carbons (Fsp3) is 0.355. The van der Waals surface area contributed by atoms with Crippen molar-refractivity contribution in [1.29, 1.82) is 0 Å². The second-order valence-electron chi connectivity index (χ2n) is 10.6. The Kier molecular flexibility index (Phi) is 8.42. The molecule has 8 nitrogen and oxygen atoms in total. The van der Waals surface area contributed by atoms with E-state index in [-0.39, 0.29) is 37.6 Å². The minimum atomic E-state index is -0.570. The van der Waals surface area contributed by atoms with E-state index in [0.29, 0.717) is 60.0 Å². The zero-order valence-corrected chi connectivity index (χ0v) is 24.2. The molecule has 3 aliphatic rings. The van der Waals surface area contributed by atoms with Gasteiger partial charge in [0.05, 0.1) is 29.8 Å². The molecule has 0 aromatic heterocycles. The van der Waals surface area contributed by atoms with Crippen molar-refractivity contribution >= 4 is 35.0 Å². The van der Waals surface area contributed by atoms with Crippen LogP contribution in [-0.4, -0.2) is 67.8 Å². The van der Waals surface area contributed by atoms with Crippen molar-refractivity contribution in [2.45, 2.75) is 18.4 Å². The van der Waals surface area contributed by atoms with Gasteiger partial charge >= 0.3 is 11.8 Å². The number of amides is 2. The number of hydrogen-bond acceptors (Lipinski definition) is 6. The minimum Gasteiger partial charge on any atom is -0.493 e. The summed E-state index contributed by atoms with van der Waals surface area (Å²) >= 11 is 12.2. The summed E-state index contributed by atoms with van der Waals surface area (Å²) in [6.45, 7) is 2.00. The number of rotatable bonds is 5. The minimum absolute atomic E-state index is 0.0150. The largest absolute Gasteiger partial charge is 0.493 e. The Morgan fingerprint density at radius 1 is 0.857 bits per heavy atom. The van der Waals surface area contributed by atoms with Crippen molar-refractivity contribution in [3.63, 3.8) is 0 Å². The maximum atomic E-state index is 13.7. The number of ether oxygens (including phenoxy) is 4. The van der Waals surface area contributed by atoms with Gasteiger partial charge in [0.1, 0.15) is 17.7 Å². The number of carbonyl (C=O) groups is 2. The predicted molar refractivity (Wildman–Crippen MR) is 154 cm³/mol. The molecule has 0 N–H and O–H groups in total. The molecule has 0 radical (unpaired) electrons. The molecule has 220 valence electrons. The first-order valence-corrected chi connectivity index (χ1v) is 14.5. The molecule has 2 fully saturated rings. The van der Waals surface area contributed by atoms with Crippen LogP contribution in [0.1, 0.15) is 29.6 Å². The van der Waals surface area contributed by atoms with Crippen LogP contribution in [0.15, 0.2) is 60.7 Å². The maximum absolute atomic E-state index is 13.7. The lowest BCUT2D eigenvalue weighted by Crippen LogP contribution is -2.53. The lowest BCUT2D eigenvalue weighted by Gasteiger charge is -2.40. The smallest absolute Gasteiger partial charge is 0.312 e. The van der Waals surface area contributed by atoms with Crippen molar-refractivity contribution in [2.75, 3.05) is 46.2 Å². The number of likely N-dealkylation sites (tertiary alicyclic amines) is 1. The van der Waals surface area contributed by atoms with E-state index in [1.165, 1.54) is 17.0 Å². The third-order valence-corrected chi connectivity index (χ3v) is 8.72. The summed E-state index contributed by atoms with van der Waals surface area (Å²) in [7, 11) is 0. The molecule has 0 bridgehead atoms. The van der Waals surface area contributed by atoms with E-state index in [4.69, 9.17) is 42.1 Å². The summed E-state index contributed by atoms with van der Waals surface area (Å²) in [4.78, 5) is 30.0. The Labute approximate surface area is 252 Å². The summed E-state index contributed by atoms with van der Waals surface area (Å²) in [5.74, 6) is 0.311. The predicted octanol–water partition coefficient (Wildman–Crippen LogP) is 5.47. The van der Waals surface area contributed by atoms with Crippen LogP contribution in [0, 0.1) is 11.7 Å². The van der Waals surface area contributed by atoms with Crippen LogP contribution >= 0.6 is 23.2 Å². The Hall–Kier alpha value is -3.53. The second kappa shape index (κ2) is 12.4. The van der Waals surface area contributed by atoms with E-state index in [1.807, 2.05) is 0 Å². The number of hydrogen-bond donors (Lipinski definition) is 0. The summed E-state index contributed by atoms with van der Waals surface area (Å²) in [5, 5.41) is 0.829. The molecule has 3 atom stereocenters. The van der Waals surface area contributed by atoms with Crippen LogP contribution < -0.4 is 14.2 Å². The van der Waals surface area contributed by atoms with Gasteiger partial charge in [-0.3, -0.25) is 9.59 Å². The van der Waals surface area contributed by atoms with Crippen LogP contribution in [0.25, 0.3) is 0 Å². The van der Waals surface area contributed by atoms with E-state index >= 15 is 0 Å². The standard InChI is InChI=1S/C31H29Cl2FN2O6/c32-25-7-3-20(13-26(25)33)29-16-36(11-12-39-29)31(38)30(37)35-10-9-24(19-1-4-22(34)5-2-19)21(15-35)17-40-23-6-8-27-28(14-23)42-18-41-27/h1-8,13-14,21,24,29H,9-12,15-18H2/t21-,24-,29?/m0/s1. The van der Waals surface area contributed by atoms with Gasteiger partial charge in [-0.1, -0.05) is 41.4 Å². The number of fused-ring (bicyclic) bond motifs is 1. The summed E-state index contributed by atoms with van der Waals surface area (Å²) < 4.78 is 36.5. The molecule has 0 aliphatic carbocycles. The van der Waals surface area contributed by atoms with Gasteiger partial charge in [-0.15, -0.1) is 0 Å². The van der Waals surface area contributed by atoms with E-state index in [9.17, 15) is 14.0 Å². The summed E-state index contributed by atoms with van der Waals surface area (Å²) in [6, 6.07) is 17.0. The molecule has 3 aromatic rings. The molecule has 3 aromatic carbocycles. The second-order valence-corrected chi connectivity index (χ2v) is 11.4. The van der Waals surface area contributed by atoms with Gasteiger partial charge < -0.3 is 28.7 Å². The van der Waals surface area contributed by atoms with E-state index in [1.54, 1.807) is 53.4 Å². The number of nitrogens with zero attached hydrogens (tertiary/aromatic N) is 2. The molecule has 3 aliphatic heterocycles. The van der Waals surface area contributed by atoms with Gasteiger partial charge in [0, 0.05) is 31.6 Å². The molecule has 0 saturated carbocycles. The molecule has 11 heteroatoms. The molecule has 3 heterocycles. The fourth-order valence-corrected chi connectivity index (χ4v) is 6.03. The molecular formula is C31H29Cl2FN2O6. The summed E-state index contributed by atoms with van der Waals surface area (Å²) in [5.41, 5.74) is 1.75. The Balaban J connectivity index is 1.15. The van der Waals surface area contributed by atoms with E-state index in [2.05, 4.69) is 0 Å². The van der Waals surface area contributed by atoms with Gasteiger partial charge in [0.15, 0.2) is 11.5 Å². The zero-order valence-electron chi connectivity index (χ0n) is 22.6. The Bertz CT molecular complexity index is 1470. The molecular weight excluding hydrogens is 586 g/mol. The van der Waals surface area contributed by atoms with Crippen LogP contribution in [-0.2, 0) is 14.3 Å². The van der Waals surface area contributed by atoms with Crippen molar-refractivity contribution < 1.29 is 32.9 Å². The van der Waals surface area contributed by atoms with Gasteiger partial charge in [-0.25, -0.2) is 4.39 Å². The number of carbonyl (C=O) groups excluding carboxylic acids is 2. The van der Waals surface area contributed by atoms with Gasteiger partial charge in [0.25, 0.3) is 0 Å². The van der Waals surface area contributed by atoms with Crippen molar-refractivity contribution in [3.8, 4) is 17.2 Å². The monoisotopic (exact) mass is 614 g/mol. The number of piperidine rings is 1. The molecule has 6 rings (SSSR count). The van der Waals surface area contributed by atoms with Crippen molar-refractivity contribution in [3.05, 3.63) is 87.7 Å². The highest BCUT2D eigenvalue weighted by Gasteiger charge is 2.38. The SMILES string of the molecule is O=C(C(=O)N1CC[C@@H](c2ccc(F)cc2)[C@H](COc2ccc3c(c2)OCO3)C1)N1CCOC(c2ccc(Cl)c(Cl)c2)C1. The normalized spacial score (nSPS) is 21.7. The number of halogens is 3. The quantitative estimate of drug-likeness (QED) is 0.355. The highest BCUT2D eigenvalue weighted by molar-refractivity contribution is 6.42. The lowest BCUT2D eigenvalue weighted by molar-refractivity contribution is -0.157. The average molecular weight is 615 g/mol. The van der Waals surface area contributed by atoms with E-state index < -0.39 is 17.9 Å². The summed E-state index contributed by atoms with van der Waals surface area (Å²) in [6.07, 6.45) is 0.187. The van der Waals surface area contributed by atoms with Crippen LogP contribution in [0.3, 0.4) is 0 Å². The lowest BCUT2D eigenvalue weighted by atomic mass is 9.80. The van der Waals surface area contributed by atoms with Crippen molar-refractivity contribution in [1.82, 2.24) is 9.80 Å². The van der Waals surface area contributed by atoms with Crippen LogP contribution in [0.2, 0.25) is 10.0 Å². The zero-order chi connectivity index (χ0) is 29.2. The molecule has 42 heavy (non-hydrogen) atoms. The highest BCUT2D eigenvalue weighted by Crippen LogP contribution is 2.37. The van der Waals surface area contributed by atoms with Gasteiger partial charge in [-0.05, 0) is 59.9 Å². The van der Waals surface area contributed by atoms with Gasteiger partial charge in [0.2, 0.25) is 6.79 Å². The fourth-order valence-electron chi connectivity index (χ4n) is 5.72. The molecule has 2 amide bonds. The van der Waals surface area contributed by atoms with Gasteiger partial charge in [-0.2, -0.15) is 0 Å². The first-order chi connectivity index (χ1) is 20.4. The van der Waals surface area contributed by atoms with Crippen molar-refractivity contribution in [2.24, 2.45) is 5.92 Å². The van der Waals surface area contributed by atoms with Crippen LogP contribution in [0.4, 0.5) is 4.39 Å². The maximum Gasteiger partial charge on any atom is 0.312 e. The Morgan fingerprint density at radius 2 is 1.60 bits per heavy atom.